The number of morpholine rings is 1. The van der Waals surface area contributed by atoms with E-state index in [0.29, 0.717) is 32.0 Å². The summed E-state index contributed by atoms with van der Waals surface area (Å²) in [5.41, 5.74) is 0.205. The van der Waals surface area contributed by atoms with Gasteiger partial charge >= 0.3 is 5.97 Å². The predicted molar refractivity (Wildman–Crippen MR) is 125 cm³/mol. The number of rotatable bonds is 6. The average molecular weight is 495 g/mol. The van der Waals surface area contributed by atoms with Crippen LogP contribution in [-0.4, -0.2) is 60.4 Å². The normalized spacial score (nSPS) is 13.2. The van der Waals surface area contributed by atoms with Crippen LogP contribution in [0.3, 0.4) is 0 Å². The second kappa shape index (κ2) is 10.4. The third-order valence-electron chi connectivity index (χ3n) is 4.76. The van der Waals surface area contributed by atoms with Crippen LogP contribution < -0.4 is 20.3 Å². The van der Waals surface area contributed by atoms with Crippen molar-refractivity contribution in [1.82, 2.24) is 5.32 Å². The molecule has 0 saturated carbocycles. The zero-order valence-corrected chi connectivity index (χ0v) is 18.9. The first kappa shape index (κ1) is 24.2. The molecule has 13 heteroatoms. The van der Waals surface area contributed by atoms with Crippen molar-refractivity contribution in [3.8, 4) is 5.75 Å². The summed E-state index contributed by atoms with van der Waals surface area (Å²) < 4.78 is 10.4. The number of nitro benzene ring substituents is 1. The Balaban J connectivity index is 1.79. The fourth-order valence-corrected chi connectivity index (χ4v) is 3.73. The van der Waals surface area contributed by atoms with Crippen molar-refractivity contribution in [3.05, 3.63) is 56.6 Å². The van der Waals surface area contributed by atoms with Crippen molar-refractivity contribution in [1.29, 1.82) is 0 Å². The quantitative estimate of drug-likeness (QED) is 0.311. The number of hydrogen-bond donors (Lipinski definition) is 3. The molecule has 174 valence electrons. The molecule has 2 aromatic rings. The Morgan fingerprint density at radius 3 is 2.55 bits per heavy atom. The molecule has 1 heterocycles. The molecule has 1 aliphatic rings. The van der Waals surface area contributed by atoms with Gasteiger partial charge in [-0.15, -0.1) is 0 Å². The van der Waals surface area contributed by atoms with Gasteiger partial charge in [0.1, 0.15) is 5.69 Å². The highest BCUT2D eigenvalue weighted by Gasteiger charge is 2.24. The Hall–Kier alpha value is -3.48. The van der Waals surface area contributed by atoms with Gasteiger partial charge in [0.15, 0.2) is 10.9 Å². The lowest BCUT2D eigenvalue weighted by Crippen LogP contribution is -2.37. The van der Waals surface area contributed by atoms with Gasteiger partial charge in [0.2, 0.25) is 0 Å². The third-order valence-corrected chi connectivity index (χ3v) is 5.24. The van der Waals surface area contributed by atoms with E-state index in [1.54, 1.807) is 0 Å². The van der Waals surface area contributed by atoms with Crippen LogP contribution in [0, 0.1) is 10.1 Å². The number of carbonyl (C=O) groups is 2. The van der Waals surface area contributed by atoms with Crippen LogP contribution in [0.5, 0.6) is 5.75 Å². The molecular weight excluding hydrogens is 476 g/mol. The summed E-state index contributed by atoms with van der Waals surface area (Å²) in [5.74, 6) is -1.78. The molecule has 0 unspecified atom stereocenters. The van der Waals surface area contributed by atoms with Crippen molar-refractivity contribution < 1.29 is 29.1 Å². The highest BCUT2D eigenvalue weighted by molar-refractivity contribution is 7.80. The number of anilines is 2. The first-order valence-electron chi connectivity index (χ1n) is 9.55. The first-order chi connectivity index (χ1) is 15.7. The van der Waals surface area contributed by atoms with E-state index in [1.165, 1.54) is 37.4 Å². The number of nitrogens with zero attached hydrogens (tertiary/aromatic N) is 2. The van der Waals surface area contributed by atoms with Crippen LogP contribution in [0.1, 0.15) is 20.7 Å². The Morgan fingerprint density at radius 2 is 1.94 bits per heavy atom. The summed E-state index contributed by atoms with van der Waals surface area (Å²) in [6.45, 7) is 1.91. The number of thiocarbonyl (C=S) groups is 1. The van der Waals surface area contributed by atoms with Crippen molar-refractivity contribution in [2.45, 2.75) is 0 Å². The van der Waals surface area contributed by atoms with Gasteiger partial charge in [-0.2, -0.15) is 0 Å². The third kappa shape index (κ3) is 5.66. The molecule has 33 heavy (non-hydrogen) atoms. The number of aromatic carboxylic acids is 1. The van der Waals surface area contributed by atoms with E-state index in [-0.39, 0.29) is 38.4 Å². The summed E-state index contributed by atoms with van der Waals surface area (Å²) in [6.07, 6.45) is 0. The number of carbonyl (C=O) groups excluding carboxylic acids is 1. The monoisotopic (exact) mass is 494 g/mol. The second-order valence-electron chi connectivity index (χ2n) is 6.81. The van der Waals surface area contributed by atoms with Gasteiger partial charge in [0.25, 0.3) is 11.6 Å². The van der Waals surface area contributed by atoms with Crippen LogP contribution in [0.25, 0.3) is 0 Å². The molecule has 0 bridgehead atoms. The smallest absolute Gasteiger partial charge is 0.335 e. The lowest BCUT2D eigenvalue weighted by molar-refractivity contribution is -0.384. The summed E-state index contributed by atoms with van der Waals surface area (Å²) in [4.78, 5) is 36.8. The number of carboxylic acid groups (broad SMARTS) is 1. The van der Waals surface area contributed by atoms with Gasteiger partial charge in [-0.05, 0) is 36.5 Å². The minimum atomic E-state index is -1.22. The molecule has 0 atom stereocenters. The number of nitrogens with one attached hydrogen (secondary N) is 2. The van der Waals surface area contributed by atoms with Crippen molar-refractivity contribution >= 4 is 57.9 Å². The summed E-state index contributed by atoms with van der Waals surface area (Å²) in [5, 5.41) is 25.7. The van der Waals surface area contributed by atoms with Crippen molar-refractivity contribution in [2.24, 2.45) is 0 Å². The second-order valence-corrected chi connectivity index (χ2v) is 7.63. The van der Waals surface area contributed by atoms with E-state index < -0.39 is 16.8 Å². The molecule has 0 radical (unpaired) electrons. The zero-order valence-electron chi connectivity index (χ0n) is 17.3. The van der Waals surface area contributed by atoms with Crippen LogP contribution in [0.4, 0.5) is 17.1 Å². The van der Waals surface area contributed by atoms with Gasteiger partial charge in [0.05, 0.1) is 41.5 Å². The van der Waals surface area contributed by atoms with E-state index >= 15 is 0 Å². The fraction of sp³-hybridized carbons (Fsp3) is 0.250. The first-order valence-corrected chi connectivity index (χ1v) is 10.3. The molecule has 0 aromatic heterocycles. The largest absolute Gasteiger partial charge is 0.493 e. The number of nitro groups is 1. The molecule has 3 N–H and O–H groups in total. The maximum atomic E-state index is 12.7. The number of methoxy groups -OCH3 is 1. The Labute approximate surface area is 198 Å². The Morgan fingerprint density at radius 1 is 1.24 bits per heavy atom. The molecule has 3 rings (SSSR count). The highest BCUT2D eigenvalue weighted by Crippen LogP contribution is 2.34. The van der Waals surface area contributed by atoms with E-state index in [1.807, 2.05) is 4.90 Å². The predicted octanol–water partition coefficient (Wildman–Crippen LogP) is 2.92. The number of benzene rings is 2. The lowest BCUT2D eigenvalue weighted by atomic mass is 10.1. The molecule has 0 spiro atoms. The van der Waals surface area contributed by atoms with Crippen molar-refractivity contribution in [3.63, 3.8) is 0 Å². The molecule has 1 aliphatic heterocycles. The topological polar surface area (TPSA) is 143 Å². The Kier molecular flexibility index (Phi) is 7.63. The van der Waals surface area contributed by atoms with Crippen molar-refractivity contribution in [2.75, 3.05) is 43.6 Å². The molecule has 2 aromatic carbocycles. The lowest BCUT2D eigenvalue weighted by Gasteiger charge is -2.28. The van der Waals surface area contributed by atoms with E-state index in [4.69, 9.17) is 33.3 Å². The van der Waals surface area contributed by atoms with E-state index in [0.717, 1.165) is 0 Å². The van der Waals surface area contributed by atoms with Gasteiger partial charge in [-0.25, -0.2) is 4.79 Å². The molecule has 1 amide bonds. The van der Waals surface area contributed by atoms with Crippen LogP contribution in [0.2, 0.25) is 5.02 Å². The van der Waals surface area contributed by atoms with Gasteiger partial charge < -0.3 is 24.8 Å². The van der Waals surface area contributed by atoms with Crippen LogP contribution in [0.15, 0.2) is 30.3 Å². The number of carboxylic acids is 1. The molecular formula is C20H19ClN4O7S. The van der Waals surface area contributed by atoms with Crippen LogP contribution >= 0.6 is 23.8 Å². The summed E-state index contributed by atoms with van der Waals surface area (Å²) in [6, 6.07) is 6.59. The minimum absolute atomic E-state index is 0.0205. The summed E-state index contributed by atoms with van der Waals surface area (Å²) in [7, 11) is 1.34. The van der Waals surface area contributed by atoms with E-state index in [2.05, 4.69) is 10.6 Å². The maximum Gasteiger partial charge on any atom is 0.335 e. The van der Waals surface area contributed by atoms with Gasteiger partial charge in [-0.3, -0.25) is 20.2 Å². The van der Waals surface area contributed by atoms with Crippen LogP contribution in [-0.2, 0) is 4.74 Å². The van der Waals surface area contributed by atoms with E-state index in [9.17, 15) is 24.8 Å². The Bertz CT molecular complexity index is 1120. The van der Waals surface area contributed by atoms with Gasteiger partial charge in [-0.1, -0.05) is 11.6 Å². The number of amides is 1. The molecule has 1 fully saturated rings. The SMILES string of the molecule is COc1c(Cl)cc(C(=O)O)cc1NC(=S)NC(=O)c1ccc(N2CCOCC2)c([N+](=O)[O-])c1. The number of hydrogen-bond acceptors (Lipinski definition) is 8. The zero-order chi connectivity index (χ0) is 24.1. The van der Waals surface area contributed by atoms with Gasteiger partial charge in [0, 0.05) is 24.7 Å². The fourth-order valence-electron chi connectivity index (χ4n) is 3.23. The average Bonchev–Trinajstić information content (AvgIpc) is 2.78. The molecule has 0 aliphatic carbocycles. The highest BCUT2D eigenvalue weighted by atomic mass is 35.5. The molecule has 1 saturated heterocycles. The number of ether oxygens (including phenoxy) is 2. The standard InChI is InChI=1S/C20H19ClN4O7S/c1-31-17-13(21)8-12(19(27)28)9-14(17)22-20(33)23-18(26)11-2-3-15(16(10-11)25(29)30)24-4-6-32-7-5-24/h2-3,8-10H,4-7H2,1H3,(H,27,28)(H2,22,23,26,33). The molecule has 11 nitrogen and oxygen atoms in total. The number of halogens is 1. The summed E-state index contributed by atoms with van der Waals surface area (Å²) >= 11 is 11.2. The minimum Gasteiger partial charge on any atom is -0.493 e. The maximum absolute atomic E-state index is 12.7.